The Morgan fingerprint density at radius 1 is 0.579 bits per heavy atom. The van der Waals surface area contributed by atoms with Gasteiger partial charge in [0.25, 0.3) is 0 Å². The molecule has 198 valence electrons. The van der Waals surface area contributed by atoms with Gasteiger partial charge in [0, 0.05) is 12.1 Å². The van der Waals surface area contributed by atoms with Gasteiger partial charge in [0.15, 0.2) is 17.5 Å². The van der Waals surface area contributed by atoms with Gasteiger partial charge >= 0.3 is 12.2 Å². The Labute approximate surface area is 214 Å². The number of alkyl halides is 4. The zero-order chi connectivity index (χ0) is 27.5. The fourth-order valence-corrected chi connectivity index (χ4v) is 3.73. The van der Waals surface area contributed by atoms with Crippen LogP contribution >= 0.6 is 0 Å². The molecule has 0 aliphatic rings. The lowest BCUT2D eigenvalue weighted by atomic mass is 10.0. The number of rotatable bonds is 9. The van der Waals surface area contributed by atoms with E-state index in [0.29, 0.717) is 23.3 Å². The lowest BCUT2D eigenvalue weighted by Crippen LogP contribution is -2.22. The summed E-state index contributed by atoms with van der Waals surface area (Å²) in [4.78, 5) is 0. The SMILES string of the molecule is CCCc1ccc(C(F)(F)Oc2ccc(-c3ccc(C(F)(F)Oc4cc(F)c(F)c(F)c4)cc3)cc2)cc1. The summed E-state index contributed by atoms with van der Waals surface area (Å²) in [5.74, 6) is -6.11. The second-order valence-corrected chi connectivity index (χ2v) is 8.49. The molecule has 0 amide bonds. The second-order valence-electron chi connectivity index (χ2n) is 8.49. The van der Waals surface area contributed by atoms with Gasteiger partial charge in [-0.2, -0.15) is 17.6 Å². The van der Waals surface area contributed by atoms with Crippen molar-refractivity contribution in [3.63, 3.8) is 0 Å². The van der Waals surface area contributed by atoms with Crippen LogP contribution in [-0.4, -0.2) is 0 Å². The third kappa shape index (κ3) is 6.10. The Kier molecular flexibility index (Phi) is 7.66. The first-order chi connectivity index (χ1) is 18.0. The van der Waals surface area contributed by atoms with Crippen LogP contribution in [0, 0.1) is 17.5 Å². The number of halogens is 7. The molecular formula is C29H21F7O2. The maximum absolute atomic E-state index is 14.6. The van der Waals surface area contributed by atoms with Crippen molar-refractivity contribution < 1.29 is 40.2 Å². The van der Waals surface area contributed by atoms with E-state index in [1.54, 1.807) is 12.1 Å². The quantitative estimate of drug-likeness (QED) is 0.158. The minimum atomic E-state index is -3.98. The third-order valence-electron chi connectivity index (χ3n) is 5.69. The molecule has 9 heteroatoms. The van der Waals surface area contributed by atoms with Crippen LogP contribution in [0.2, 0.25) is 0 Å². The Morgan fingerprint density at radius 2 is 1.00 bits per heavy atom. The molecule has 0 fully saturated rings. The molecule has 0 radical (unpaired) electrons. The molecule has 0 atom stereocenters. The zero-order valence-corrected chi connectivity index (χ0v) is 20.0. The molecule has 0 bridgehead atoms. The van der Waals surface area contributed by atoms with Crippen molar-refractivity contribution in [1.82, 2.24) is 0 Å². The standard InChI is InChI=1S/C29H21F7O2/c1-2-3-18-4-10-21(11-5-18)28(33,34)37-23-14-8-20(9-15-23)19-6-12-22(13-7-19)29(35,36)38-24-16-25(30)27(32)26(31)17-24/h4-17H,2-3H2,1H3. The Bertz CT molecular complexity index is 1360. The summed E-state index contributed by atoms with van der Waals surface area (Å²) in [6.07, 6.45) is -5.85. The van der Waals surface area contributed by atoms with Crippen LogP contribution in [-0.2, 0) is 18.6 Å². The summed E-state index contributed by atoms with van der Waals surface area (Å²) in [6, 6.07) is 16.9. The summed E-state index contributed by atoms with van der Waals surface area (Å²) in [5.41, 5.74) is 1.04. The molecule has 0 saturated heterocycles. The normalized spacial score (nSPS) is 11.9. The number of ether oxygens (including phenoxy) is 2. The molecule has 0 unspecified atom stereocenters. The minimum absolute atomic E-state index is 0.0910. The van der Waals surface area contributed by atoms with Gasteiger partial charge in [0.2, 0.25) is 0 Å². The van der Waals surface area contributed by atoms with Crippen LogP contribution in [0.25, 0.3) is 11.1 Å². The predicted octanol–water partition coefficient (Wildman–Crippen LogP) is 8.98. The van der Waals surface area contributed by atoms with E-state index in [1.807, 2.05) is 6.92 Å². The number of aryl methyl sites for hydroxylation is 1. The lowest BCUT2D eigenvalue weighted by Gasteiger charge is -2.19. The molecule has 0 saturated carbocycles. The third-order valence-corrected chi connectivity index (χ3v) is 5.69. The van der Waals surface area contributed by atoms with Crippen molar-refractivity contribution in [3.8, 4) is 22.6 Å². The Balaban J connectivity index is 1.44. The Hall–Kier alpha value is -4.01. The summed E-state index contributed by atoms with van der Waals surface area (Å²) in [6.45, 7) is 2.00. The van der Waals surface area contributed by atoms with Gasteiger partial charge in [-0.15, -0.1) is 0 Å². The van der Waals surface area contributed by atoms with E-state index in [4.69, 9.17) is 4.74 Å². The summed E-state index contributed by atoms with van der Waals surface area (Å²) < 4.78 is 107. The van der Waals surface area contributed by atoms with Gasteiger partial charge in [-0.05, 0) is 59.5 Å². The van der Waals surface area contributed by atoms with Crippen LogP contribution in [0.5, 0.6) is 11.5 Å². The summed E-state index contributed by atoms with van der Waals surface area (Å²) in [7, 11) is 0. The van der Waals surface area contributed by atoms with Crippen LogP contribution in [0.3, 0.4) is 0 Å². The maximum Gasteiger partial charge on any atom is 0.426 e. The minimum Gasteiger partial charge on any atom is -0.429 e. The molecule has 0 aliphatic carbocycles. The van der Waals surface area contributed by atoms with E-state index in [-0.39, 0.29) is 11.3 Å². The summed E-state index contributed by atoms with van der Waals surface area (Å²) >= 11 is 0. The highest BCUT2D eigenvalue weighted by atomic mass is 19.3. The molecule has 0 spiro atoms. The average Bonchev–Trinajstić information content (AvgIpc) is 2.88. The fraction of sp³-hybridized carbons (Fsp3) is 0.172. The molecule has 38 heavy (non-hydrogen) atoms. The molecule has 0 aromatic heterocycles. The largest absolute Gasteiger partial charge is 0.429 e. The monoisotopic (exact) mass is 534 g/mol. The molecule has 4 aromatic rings. The average molecular weight is 534 g/mol. The van der Waals surface area contributed by atoms with E-state index in [1.165, 1.54) is 48.5 Å². The van der Waals surface area contributed by atoms with Crippen molar-refractivity contribution in [2.24, 2.45) is 0 Å². The van der Waals surface area contributed by atoms with Gasteiger partial charge in [-0.3, -0.25) is 0 Å². The Morgan fingerprint density at radius 3 is 1.47 bits per heavy atom. The first-order valence-electron chi connectivity index (χ1n) is 11.6. The number of hydrogen-bond acceptors (Lipinski definition) is 2. The van der Waals surface area contributed by atoms with Crippen LogP contribution < -0.4 is 9.47 Å². The van der Waals surface area contributed by atoms with Crippen molar-refractivity contribution in [2.75, 3.05) is 0 Å². The van der Waals surface area contributed by atoms with Crippen LogP contribution in [0.4, 0.5) is 30.7 Å². The van der Waals surface area contributed by atoms with E-state index >= 15 is 0 Å². The van der Waals surface area contributed by atoms with E-state index in [2.05, 4.69) is 4.74 Å². The molecule has 0 N–H and O–H groups in total. The summed E-state index contributed by atoms with van der Waals surface area (Å²) in [5, 5.41) is 0. The highest BCUT2D eigenvalue weighted by Crippen LogP contribution is 2.35. The van der Waals surface area contributed by atoms with E-state index in [0.717, 1.165) is 30.5 Å². The highest BCUT2D eigenvalue weighted by molar-refractivity contribution is 5.64. The van der Waals surface area contributed by atoms with Crippen molar-refractivity contribution >= 4 is 0 Å². The predicted molar refractivity (Wildman–Crippen MR) is 128 cm³/mol. The van der Waals surface area contributed by atoms with Crippen LogP contribution in [0.15, 0.2) is 84.9 Å². The number of hydrogen-bond donors (Lipinski definition) is 0. The van der Waals surface area contributed by atoms with Gasteiger partial charge in [0.1, 0.15) is 11.5 Å². The zero-order valence-electron chi connectivity index (χ0n) is 20.0. The van der Waals surface area contributed by atoms with Gasteiger partial charge in [0.05, 0.1) is 11.1 Å². The smallest absolute Gasteiger partial charge is 0.426 e. The van der Waals surface area contributed by atoms with Crippen molar-refractivity contribution in [2.45, 2.75) is 32.0 Å². The first kappa shape index (κ1) is 27.0. The highest BCUT2D eigenvalue weighted by Gasteiger charge is 2.36. The number of benzene rings is 4. The second kappa shape index (κ2) is 10.8. The molecule has 4 aromatic carbocycles. The molecular weight excluding hydrogens is 513 g/mol. The molecule has 4 rings (SSSR count). The van der Waals surface area contributed by atoms with Crippen LogP contribution in [0.1, 0.15) is 30.0 Å². The topological polar surface area (TPSA) is 18.5 Å². The van der Waals surface area contributed by atoms with E-state index < -0.39 is 41.0 Å². The maximum atomic E-state index is 14.6. The van der Waals surface area contributed by atoms with Crippen molar-refractivity contribution in [1.29, 1.82) is 0 Å². The van der Waals surface area contributed by atoms with Crippen molar-refractivity contribution in [3.05, 3.63) is 119 Å². The first-order valence-corrected chi connectivity index (χ1v) is 11.6. The van der Waals surface area contributed by atoms with Gasteiger partial charge in [-0.1, -0.05) is 49.7 Å². The molecule has 0 aliphatic heterocycles. The molecule has 0 heterocycles. The van der Waals surface area contributed by atoms with Gasteiger partial charge in [-0.25, -0.2) is 13.2 Å². The lowest BCUT2D eigenvalue weighted by molar-refractivity contribution is -0.186. The fourth-order valence-electron chi connectivity index (χ4n) is 3.73. The molecule has 2 nitrogen and oxygen atoms in total. The van der Waals surface area contributed by atoms with Gasteiger partial charge < -0.3 is 9.47 Å². The van der Waals surface area contributed by atoms with E-state index in [9.17, 15) is 30.7 Å².